The first-order valence-electron chi connectivity index (χ1n) is 2.88. The van der Waals surface area contributed by atoms with Crippen molar-refractivity contribution < 1.29 is 9.16 Å². The molecule has 0 heterocycles. The summed E-state index contributed by atoms with van der Waals surface area (Å²) in [5.41, 5.74) is 0. The molecular weight excluding hydrogens is 247 g/mol. The molecule has 0 aromatic heterocycles. The van der Waals surface area contributed by atoms with E-state index in [0.29, 0.717) is 6.61 Å². The molecule has 0 unspecified atom stereocenters. The van der Waals surface area contributed by atoms with Crippen LogP contribution in [0.1, 0.15) is 0 Å². The maximum Gasteiger partial charge on any atom is 0.252 e. The molecule has 0 aromatic rings. The maximum atomic E-state index is 5.47. The van der Waals surface area contributed by atoms with Crippen molar-refractivity contribution in [1.82, 2.24) is 0 Å². The molecule has 0 saturated carbocycles. The molecule has 4 heteroatoms. The summed E-state index contributed by atoms with van der Waals surface area (Å²) < 4.78 is 10.3. The predicted molar refractivity (Wildman–Crippen MR) is 49.3 cm³/mol. The molecule has 0 rings (SSSR count). The lowest BCUT2D eigenvalue weighted by molar-refractivity contribution is 0.146. The molecule has 0 radical (unpaired) electrons. The Morgan fingerprint density at radius 1 is 1.33 bits per heavy atom. The first-order valence-corrected chi connectivity index (χ1v) is 8.90. The summed E-state index contributed by atoms with van der Waals surface area (Å²) in [7, 11) is 1.69. The zero-order valence-corrected chi connectivity index (χ0v) is 9.27. The Balaban J connectivity index is 3.07. The van der Waals surface area contributed by atoms with Gasteiger partial charge < -0.3 is 9.16 Å². The Bertz CT molecular complexity index is 71.8. The summed E-state index contributed by atoms with van der Waals surface area (Å²) in [6.07, 6.45) is 0. The highest BCUT2D eigenvalue weighted by atomic mass is 127. The number of hydrogen-bond donors (Lipinski definition) is 0. The van der Waals surface area contributed by atoms with Gasteiger partial charge in [0.05, 0.1) is 13.2 Å². The Morgan fingerprint density at radius 2 is 1.89 bits per heavy atom. The first-order chi connectivity index (χ1) is 4.06. The lowest BCUT2D eigenvalue weighted by atomic mass is 10.8. The van der Waals surface area contributed by atoms with E-state index in [2.05, 4.69) is 34.9 Å². The highest BCUT2D eigenvalue weighted by Crippen LogP contribution is 2.12. The van der Waals surface area contributed by atoms with Gasteiger partial charge >= 0.3 is 0 Å². The molecule has 0 N–H and O–H groups in total. The number of hydrogen-bond acceptors (Lipinski definition) is 2. The molecule has 2 nitrogen and oxygen atoms in total. The average molecular weight is 260 g/mol. The van der Waals surface area contributed by atoms with Gasteiger partial charge in [-0.15, -0.1) is 0 Å². The van der Waals surface area contributed by atoms with Gasteiger partial charge in [-0.3, -0.25) is 0 Å². The molecule has 0 aliphatic rings. The number of rotatable bonds is 4. The van der Waals surface area contributed by atoms with E-state index >= 15 is 0 Å². The Kier molecular flexibility index (Phi) is 5.09. The van der Waals surface area contributed by atoms with Crippen LogP contribution < -0.4 is 0 Å². The lowest BCUT2D eigenvalue weighted by Crippen LogP contribution is -2.23. The molecule has 0 aliphatic heterocycles. The van der Waals surface area contributed by atoms with Gasteiger partial charge in [0.1, 0.15) is 0 Å². The van der Waals surface area contributed by atoms with Crippen LogP contribution in [0.4, 0.5) is 0 Å². The Labute approximate surface area is 70.3 Å². The lowest BCUT2D eigenvalue weighted by Gasteiger charge is -2.13. The van der Waals surface area contributed by atoms with Gasteiger partial charge in [-0.25, -0.2) is 0 Å². The average Bonchev–Trinajstić information content (AvgIpc) is 1.63. The van der Waals surface area contributed by atoms with Crippen LogP contribution in [0.15, 0.2) is 0 Å². The van der Waals surface area contributed by atoms with Crippen LogP contribution in [0, 0.1) is 0 Å². The zero-order chi connectivity index (χ0) is 7.33. The summed E-state index contributed by atoms with van der Waals surface area (Å²) >= 11 is 2.38. The second-order valence-electron chi connectivity index (χ2n) is 2.20. The van der Waals surface area contributed by atoms with Crippen molar-refractivity contribution in [1.29, 1.82) is 0 Å². The fourth-order valence-electron chi connectivity index (χ4n) is 0.368. The smallest absolute Gasteiger partial charge is 0.252 e. The van der Waals surface area contributed by atoms with Gasteiger partial charge in [-0.1, -0.05) is 21.8 Å². The van der Waals surface area contributed by atoms with E-state index in [4.69, 9.17) is 9.16 Å². The minimum Gasteiger partial charge on any atom is -0.405 e. The molecule has 0 spiro atoms. The second kappa shape index (κ2) is 4.65. The van der Waals surface area contributed by atoms with Crippen LogP contribution in [0.2, 0.25) is 13.1 Å². The van der Waals surface area contributed by atoms with Gasteiger partial charge in [0, 0.05) is 7.11 Å². The molecular formula is C5H13IO2Si. The Hall–Kier alpha value is 0.867. The monoisotopic (exact) mass is 260 g/mol. The summed E-state index contributed by atoms with van der Waals surface area (Å²) in [6, 6.07) is 0. The number of ether oxygens (including phenoxy) is 1. The summed E-state index contributed by atoms with van der Waals surface area (Å²) in [4.78, 5) is 0. The molecule has 56 valence electrons. The molecule has 0 atom stereocenters. The van der Waals surface area contributed by atoms with E-state index in [9.17, 15) is 0 Å². The van der Waals surface area contributed by atoms with Crippen LogP contribution in [0.25, 0.3) is 0 Å². The van der Waals surface area contributed by atoms with Gasteiger partial charge in [0.15, 0.2) is 0 Å². The van der Waals surface area contributed by atoms with Crippen LogP contribution >= 0.6 is 21.8 Å². The van der Waals surface area contributed by atoms with E-state index in [1.165, 1.54) is 0 Å². The van der Waals surface area contributed by atoms with Gasteiger partial charge in [-0.2, -0.15) is 0 Å². The molecule has 0 aliphatic carbocycles. The maximum absolute atomic E-state index is 5.47. The molecule has 0 fully saturated rings. The van der Waals surface area contributed by atoms with Crippen LogP contribution in [-0.2, 0) is 9.16 Å². The quantitative estimate of drug-likeness (QED) is 0.332. The van der Waals surface area contributed by atoms with Crippen LogP contribution in [0.5, 0.6) is 0 Å². The standard InChI is InChI=1S/C5H13IO2Si/c1-7-4-5-8-9(2,3)6/h4-5H2,1-3H3. The van der Waals surface area contributed by atoms with Crippen molar-refractivity contribution in [2.45, 2.75) is 13.1 Å². The van der Waals surface area contributed by atoms with Crippen molar-refractivity contribution in [2.24, 2.45) is 0 Å². The van der Waals surface area contributed by atoms with E-state index < -0.39 is 5.81 Å². The minimum atomic E-state index is -1.30. The van der Waals surface area contributed by atoms with Crippen molar-refractivity contribution in [3.8, 4) is 0 Å². The fraction of sp³-hybridized carbons (Fsp3) is 1.00. The van der Waals surface area contributed by atoms with Crippen LogP contribution in [-0.4, -0.2) is 26.1 Å². The summed E-state index contributed by atoms with van der Waals surface area (Å²) in [5.74, 6) is -1.30. The van der Waals surface area contributed by atoms with E-state index in [1.807, 2.05) is 0 Å². The SMILES string of the molecule is COCCO[Si](C)(C)I. The highest BCUT2D eigenvalue weighted by Gasteiger charge is 2.15. The van der Waals surface area contributed by atoms with Gasteiger partial charge in [0.2, 0.25) is 0 Å². The number of methoxy groups -OCH3 is 1. The van der Waals surface area contributed by atoms with E-state index in [-0.39, 0.29) is 0 Å². The highest BCUT2D eigenvalue weighted by molar-refractivity contribution is 14.1. The predicted octanol–water partition coefficient (Wildman–Crippen LogP) is 1.79. The third kappa shape index (κ3) is 8.87. The molecule has 0 saturated heterocycles. The van der Waals surface area contributed by atoms with Gasteiger partial charge in [-0.05, 0) is 13.1 Å². The first kappa shape index (κ1) is 9.87. The number of halogens is 1. The van der Waals surface area contributed by atoms with E-state index in [0.717, 1.165) is 6.61 Å². The molecule has 0 amide bonds. The van der Waals surface area contributed by atoms with Crippen LogP contribution in [0.3, 0.4) is 0 Å². The van der Waals surface area contributed by atoms with Crippen molar-refractivity contribution >= 4 is 27.6 Å². The Morgan fingerprint density at radius 3 is 2.22 bits per heavy atom. The topological polar surface area (TPSA) is 18.5 Å². The third-order valence-electron chi connectivity index (χ3n) is 0.733. The third-order valence-corrected chi connectivity index (χ3v) is 2.56. The summed E-state index contributed by atoms with van der Waals surface area (Å²) in [5, 5.41) is 0. The minimum absolute atomic E-state index is 0.708. The molecule has 9 heavy (non-hydrogen) atoms. The largest absolute Gasteiger partial charge is 0.405 e. The van der Waals surface area contributed by atoms with Crippen molar-refractivity contribution in [3.63, 3.8) is 0 Å². The normalized spacial score (nSPS) is 12.0. The molecule has 0 aromatic carbocycles. The molecule has 0 bridgehead atoms. The van der Waals surface area contributed by atoms with Crippen molar-refractivity contribution in [2.75, 3.05) is 20.3 Å². The zero-order valence-electron chi connectivity index (χ0n) is 6.11. The van der Waals surface area contributed by atoms with Crippen molar-refractivity contribution in [3.05, 3.63) is 0 Å². The summed E-state index contributed by atoms with van der Waals surface area (Å²) in [6.45, 7) is 5.75. The van der Waals surface area contributed by atoms with Gasteiger partial charge in [0.25, 0.3) is 5.81 Å². The van der Waals surface area contributed by atoms with E-state index in [1.54, 1.807) is 7.11 Å². The second-order valence-corrected chi connectivity index (χ2v) is 13.0. The fourth-order valence-corrected chi connectivity index (χ4v) is 1.60.